The highest BCUT2D eigenvalue weighted by Crippen LogP contribution is 2.75. The van der Waals surface area contributed by atoms with E-state index in [1.807, 2.05) is 0 Å². The maximum absolute atomic E-state index is 11.2. The lowest BCUT2D eigenvalue weighted by Crippen LogP contribution is -2.57. The molecule has 0 bridgehead atoms. The number of rotatable bonds is 5. The first-order valence-corrected chi connectivity index (χ1v) is 8.28. The molecule has 0 aromatic heterocycles. The Kier molecular flexibility index (Phi) is 2.72. The Bertz CT molecular complexity index is 791. The van der Waals surface area contributed by atoms with Crippen LogP contribution in [0.25, 0.3) is 0 Å². The van der Waals surface area contributed by atoms with Crippen molar-refractivity contribution < 1.29 is 14.6 Å². The van der Waals surface area contributed by atoms with E-state index < -0.39 is 9.85 Å². The van der Waals surface area contributed by atoms with Crippen LogP contribution < -0.4 is 0 Å². The minimum Gasteiger partial charge on any atom is -0.373 e. The molecule has 3 saturated carbocycles. The number of hydrogen-bond acceptors (Lipinski definition) is 5. The van der Waals surface area contributed by atoms with Gasteiger partial charge < -0.3 is 4.74 Å². The van der Waals surface area contributed by atoms with Crippen molar-refractivity contribution in [1.82, 2.24) is 0 Å². The van der Waals surface area contributed by atoms with Crippen LogP contribution in [0, 0.1) is 55.7 Å². The highest BCUT2D eigenvalue weighted by Gasteiger charge is 2.72. The van der Waals surface area contributed by atoms with E-state index >= 15 is 0 Å². The van der Waals surface area contributed by atoms with Gasteiger partial charge in [-0.2, -0.15) is 0 Å². The molecule has 0 saturated heterocycles. The van der Waals surface area contributed by atoms with Gasteiger partial charge in [-0.3, -0.25) is 20.2 Å². The summed E-state index contributed by atoms with van der Waals surface area (Å²) in [5.41, 5.74) is -0.104. The first-order chi connectivity index (χ1) is 11.6. The third-order valence-electron chi connectivity index (χ3n) is 6.63. The third-order valence-corrected chi connectivity index (χ3v) is 6.63. The molecule has 0 spiro atoms. The Morgan fingerprint density at radius 3 is 2.58 bits per heavy atom. The van der Waals surface area contributed by atoms with E-state index in [4.69, 9.17) is 4.74 Å². The minimum atomic E-state index is -0.621. The summed E-state index contributed by atoms with van der Waals surface area (Å²) in [6.45, 7) is 0.140. The van der Waals surface area contributed by atoms with Crippen molar-refractivity contribution in [2.75, 3.05) is 0 Å². The molecule has 3 fully saturated rings. The maximum Gasteiger partial charge on any atom is 0.281 e. The van der Waals surface area contributed by atoms with Gasteiger partial charge >= 0.3 is 0 Å². The van der Waals surface area contributed by atoms with Crippen LogP contribution in [0.1, 0.15) is 12.0 Å². The fourth-order valence-electron chi connectivity index (χ4n) is 5.71. The van der Waals surface area contributed by atoms with Gasteiger partial charge in [0.2, 0.25) is 0 Å². The molecule has 24 heavy (non-hydrogen) atoms. The highest BCUT2D eigenvalue weighted by atomic mass is 16.6. The number of nitrogens with zero attached hydrogens (tertiary/aromatic N) is 2. The van der Waals surface area contributed by atoms with Gasteiger partial charge in [-0.05, 0) is 48.0 Å². The number of nitro groups is 2. The van der Waals surface area contributed by atoms with Crippen LogP contribution in [-0.2, 0) is 11.3 Å². The van der Waals surface area contributed by atoms with Gasteiger partial charge in [-0.25, -0.2) is 0 Å². The summed E-state index contributed by atoms with van der Waals surface area (Å²) >= 11 is 0. The van der Waals surface area contributed by atoms with Crippen LogP contribution >= 0.6 is 0 Å². The lowest BCUT2D eigenvalue weighted by atomic mass is 9.44. The van der Waals surface area contributed by atoms with Gasteiger partial charge in [-0.1, -0.05) is 12.2 Å². The second kappa shape index (κ2) is 4.63. The van der Waals surface area contributed by atoms with Gasteiger partial charge in [0.25, 0.3) is 11.4 Å². The molecule has 0 radical (unpaired) electrons. The number of hydrogen-bond donors (Lipinski definition) is 0. The summed E-state index contributed by atoms with van der Waals surface area (Å²) in [5, 5.41) is 22.0. The number of fused-ring (bicyclic) bond motifs is 2. The molecule has 0 N–H and O–H groups in total. The number of ether oxygens (including phenoxy) is 1. The molecular weight excluding hydrogens is 312 g/mol. The number of benzene rings is 1. The van der Waals surface area contributed by atoms with Gasteiger partial charge in [0.15, 0.2) is 0 Å². The van der Waals surface area contributed by atoms with Crippen LogP contribution in [0.4, 0.5) is 11.4 Å². The van der Waals surface area contributed by atoms with Crippen LogP contribution in [0.5, 0.6) is 0 Å². The van der Waals surface area contributed by atoms with Crippen molar-refractivity contribution in [3.05, 3.63) is 56.1 Å². The SMILES string of the molecule is O=[N+]([O-])c1ccc(CO[C@H]2C[C@@H]3[C@@H]4C=C[C@@H]5[C@@H]4[C@@H]3[C@H]52)c([N+](=O)[O-])c1. The van der Waals surface area contributed by atoms with Gasteiger partial charge in [-0.15, -0.1) is 0 Å². The van der Waals surface area contributed by atoms with Gasteiger partial charge in [0, 0.05) is 6.07 Å². The van der Waals surface area contributed by atoms with Crippen LogP contribution in [0.15, 0.2) is 30.4 Å². The molecule has 0 heterocycles. The van der Waals surface area contributed by atoms with E-state index in [9.17, 15) is 20.2 Å². The first kappa shape index (κ1) is 14.1. The second-order valence-electron chi connectivity index (χ2n) is 7.35. The Hall–Kier alpha value is -2.28. The molecule has 0 unspecified atom stereocenters. The van der Waals surface area contributed by atoms with E-state index in [-0.39, 0.29) is 24.1 Å². The van der Waals surface area contributed by atoms with Gasteiger partial charge in [0.1, 0.15) is 0 Å². The monoisotopic (exact) mass is 328 g/mol. The molecule has 4 aliphatic rings. The average Bonchev–Trinajstić information content (AvgIpc) is 2.81. The van der Waals surface area contributed by atoms with Crippen molar-refractivity contribution in [3.63, 3.8) is 0 Å². The van der Waals surface area contributed by atoms with Crippen LogP contribution in [-0.4, -0.2) is 16.0 Å². The molecule has 7 nitrogen and oxygen atoms in total. The summed E-state index contributed by atoms with van der Waals surface area (Å²) in [7, 11) is 0. The fraction of sp³-hybridized carbons (Fsp3) is 0.529. The van der Waals surface area contributed by atoms with Gasteiger partial charge in [0.05, 0.1) is 34.2 Å². The molecule has 0 aliphatic heterocycles. The molecule has 1 aromatic carbocycles. The number of nitro benzene ring substituents is 2. The molecule has 5 rings (SSSR count). The smallest absolute Gasteiger partial charge is 0.281 e. The predicted molar refractivity (Wildman–Crippen MR) is 83.0 cm³/mol. The summed E-state index contributed by atoms with van der Waals surface area (Å²) < 4.78 is 6.06. The molecule has 4 aliphatic carbocycles. The Morgan fingerprint density at radius 2 is 1.83 bits per heavy atom. The third kappa shape index (κ3) is 1.65. The number of allylic oxidation sites excluding steroid dienone is 2. The summed E-state index contributed by atoms with van der Waals surface area (Å²) in [6.07, 6.45) is 5.90. The van der Waals surface area contributed by atoms with Crippen molar-refractivity contribution >= 4 is 11.4 Å². The average molecular weight is 328 g/mol. The van der Waals surface area contributed by atoms with E-state index in [0.717, 1.165) is 36.2 Å². The molecule has 124 valence electrons. The molecule has 7 atom stereocenters. The van der Waals surface area contributed by atoms with E-state index in [0.29, 0.717) is 17.4 Å². The highest BCUT2D eigenvalue weighted by molar-refractivity contribution is 5.48. The second-order valence-corrected chi connectivity index (χ2v) is 7.35. The van der Waals surface area contributed by atoms with Crippen molar-refractivity contribution in [1.29, 1.82) is 0 Å². The largest absolute Gasteiger partial charge is 0.373 e. The molecular formula is C17H16N2O5. The Balaban J connectivity index is 1.33. The zero-order valence-corrected chi connectivity index (χ0v) is 12.8. The first-order valence-electron chi connectivity index (χ1n) is 8.28. The van der Waals surface area contributed by atoms with Crippen LogP contribution in [0.3, 0.4) is 0 Å². The van der Waals surface area contributed by atoms with Crippen molar-refractivity contribution in [2.45, 2.75) is 19.1 Å². The van der Waals surface area contributed by atoms with Crippen molar-refractivity contribution in [2.24, 2.45) is 35.5 Å². The minimum absolute atomic E-state index is 0.140. The zero-order chi connectivity index (χ0) is 16.6. The number of non-ortho nitro benzene ring substituents is 1. The molecule has 1 aromatic rings. The van der Waals surface area contributed by atoms with E-state index in [2.05, 4.69) is 12.2 Å². The molecule has 7 heteroatoms. The Morgan fingerprint density at radius 1 is 1.04 bits per heavy atom. The normalized spacial score (nSPS) is 39.9. The van der Waals surface area contributed by atoms with Crippen LogP contribution in [0.2, 0.25) is 0 Å². The molecule has 0 amide bonds. The quantitative estimate of drug-likeness (QED) is 0.470. The summed E-state index contributed by atoms with van der Waals surface area (Å²) in [4.78, 5) is 20.8. The Labute approximate surface area is 137 Å². The lowest BCUT2D eigenvalue weighted by Gasteiger charge is -2.60. The summed E-state index contributed by atoms with van der Waals surface area (Å²) in [6, 6.07) is 3.75. The summed E-state index contributed by atoms with van der Waals surface area (Å²) in [5.74, 6) is 4.28. The zero-order valence-electron chi connectivity index (χ0n) is 12.8. The maximum atomic E-state index is 11.2. The lowest BCUT2D eigenvalue weighted by molar-refractivity contribution is -0.394. The fourth-order valence-corrected chi connectivity index (χ4v) is 5.71. The van der Waals surface area contributed by atoms with E-state index in [1.54, 1.807) is 0 Å². The van der Waals surface area contributed by atoms with E-state index in [1.165, 1.54) is 12.1 Å². The van der Waals surface area contributed by atoms with Crippen molar-refractivity contribution in [3.8, 4) is 0 Å². The standard InChI is InChI=1S/C17H16N2O5/c20-18(21)9-2-1-8(13(5-9)19(22)23)7-24-14-6-12-10-3-4-11-15(10)17(12)16(11)14/h1-5,10-12,14-17H,6-7H2/t10-,11+,12+,14-,15+,16+,17+/m0/s1. The predicted octanol–water partition coefficient (Wildman–Crippen LogP) is 3.09. The topological polar surface area (TPSA) is 95.5 Å².